The summed E-state index contributed by atoms with van der Waals surface area (Å²) in [6, 6.07) is 4.18. The molecule has 4 nitrogen and oxygen atoms in total. The molecule has 0 fully saturated rings. The van der Waals surface area contributed by atoms with E-state index in [0.717, 1.165) is 0 Å². The molecule has 18 heavy (non-hydrogen) atoms. The first-order valence-corrected chi connectivity index (χ1v) is 5.66. The number of amides is 1. The minimum Gasteiger partial charge on any atom is -0.464 e. The zero-order valence-corrected chi connectivity index (χ0v) is 9.94. The first kappa shape index (κ1) is 12.6. The third-order valence-electron chi connectivity index (χ3n) is 2.56. The number of carbonyl (C=O) groups excluding carboxylic acids is 1. The highest BCUT2D eigenvalue weighted by molar-refractivity contribution is 5.87. The summed E-state index contributed by atoms with van der Waals surface area (Å²) < 4.78 is 18.3. The molecule has 1 heterocycles. The van der Waals surface area contributed by atoms with Crippen LogP contribution in [0.25, 0.3) is 11.0 Å². The molecule has 0 saturated heterocycles. The zero-order chi connectivity index (χ0) is 13.1. The Kier molecular flexibility index (Phi) is 3.62. The first-order valence-electron chi connectivity index (χ1n) is 5.66. The van der Waals surface area contributed by atoms with Gasteiger partial charge in [-0.15, -0.1) is 0 Å². The van der Waals surface area contributed by atoms with Crippen molar-refractivity contribution in [1.29, 1.82) is 0 Å². The Morgan fingerprint density at radius 3 is 3.06 bits per heavy atom. The topological polar surface area (TPSA) is 62.5 Å². The summed E-state index contributed by atoms with van der Waals surface area (Å²) in [5, 5.41) is 12.2. The molecule has 1 aromatic heterocycles. The number of benzene rings is 1. The standard InChI is InChI=1S/C13H14FNO3/c1-8(16)6-15-13(17)4-9-7-18-12-3-2-10(14)5-11(9)12/h2-3,5,7-8,16H,4,6H2,1H3,(H,15,17). The fourth-order valence-corrected chi connectivity index (χ4v) is 1.69. The quantitative estimate of drug-likeness (QED) is 0.867. The molecule has 2 rings (SSSR count). The maximum atomic E-state index is 13.1. The molecule has 1 aromatic carbocycles. The Balaban J connectivity index is 2.12. The van der Waals surface area contributed by atoms with Crippen LogP contribution in [0.1, 0.15) is 12.5 Å². The highest BCUT2D eigenvalue weighted by Gasteiger charge is 2.11. The van der Waals surface area contributed by atoms with E-state index in [1.807, 2.05) is 0 Å². The second-order valence-corrected chi connectivity index (χ2v) is 4.23. The molecule has 0 aliphatic rings. The van der Waals surface area contributed by atoms with E-state index in [0.29, 0.717) is 16.5 Å². The van der Waals surface area contributed by atoms with Gasteiger partial charge >= 0.3 is 0 Å². The number of fused-ring (bicyclic) bond motifs is 1. The second kappa shape index (κ2) is 5.18. The van der Waals surface area contributed by atoms with Gasteiger partial charge in [0, 0.05) is 17.5 Å². The normalized spacial score (nSPS) is 12.6. The molecule has 1 unspecified atom stereocenters. The van der Waals surface area contributed by atoms with E-state index in [1.54, 1.807) is 6.92 Å². The van der Waals surface area contributed by atoms with E-state index in [4.69, 9.17) is 9.52 Å². The second-order valence-electron chi connectivity index (χ2n) is 4.23. The maximum absolute atomic E-state index is 13.1. The number of furan rings is 1. The molecule has 2 aromatic rings. The summed E-state index contributed by atoms with van der Waals surface area (Å²) in [7, 11) is 0. The predicted molar refractivity (Wildman–Crippen MR) is 64.6 cm³/mol. The monoisotopic (exact) mass is 251 g/mol. The minimum atomic E-state index is -0.590. The molecule has 2 N–H and O–H groups in total. The fourth-order valence-electron chi connectivity index (χ4n) is 1.69. The molecule has 96 valence electrons. The van der Waals surface area contributed by atoms with E-state index in [9.17, 15) is 9.18 Å². The highest BCUT2D eigenvalue weighted by atomic mass is 19.1. The highest BCUT2D eigenvalue weighted by Crippen LogP contribution is 2.22. The molecular weight excluding hydrogens is 237 g/mol. The molecule has 0 bridgehead atoms. The van der Waals surface area contributed by atoms with Crippen molar-refractivity contribution < 1.29 is 18.7 Å². The molecule has 0 aliphatic carbocycles. The van der Waals surface area contributed by atoms with Gasteiger partial charge in [0.25, 0.3) is 0 Å². The largest absolute Gasteiger partial charge is 0.464 e. The van der Waals surface area contributed by atoms with Crippen LogP contribution in [-0.4, -0.2) is 23.7 Å². The van der Waals surface area contributed by atoms with Crippen LogP contribution in [0.4, 0.5) is 4.39 Å². The van der Waals surface area contributed by atoms with Crippen molar-refractivity contribution in [3.63, 3.8) is 0 Å². The van der Waals surface area contributed by atoms with Crippen molar-refractivity contribution in [2.24, 2.45) is 0 Å². The smallest absolute Gasteiger partial charge is 0.224 e. The maximum Gasteiger partial charge on any atom is 0.224 e. The van der Waals surface area contributed by atoms with E-state index >= 15 is 0 Å². The van der Waals surface area contributed by atoms with Gasteiger partial charge in [0.15, 0.2) is 0 Å². The average molecular weight is 251 g/mol. The van der Waals surface area contributed by atoms with Crippen LogP contribution in [0.2, 0.25) is 0 Å². The lowest BCUT2D eigenvalue weighted by molar-refractivity contribution is -0.120. The molecule has 0 spiro atoms. The summed E-state index contributed by atoms with van der Waals surface area (Å²) in [4.78, 5) is 11.6. The summed E-state index contributed by atoms with van der Waals surface area (Å²) >= 11 is 0. The minimum absolute atomic E-state index is 0.100. The number of carbonyl (C=O) groups is 1. The number of hydrogen-bond donors (Lipinski definition) is 2. The summed E-state index contributed by atoms with van der Waals surface area (Å²) in [5.41, 5.74) is 1.18. The van der Waals surface area contributed by atoms with Crippen LogP contribution in [0.15, 0.2) is 28.9 Å². The van der Waals surface area contributed by atoms with Gasteiger partial charge in [-0.2, -0.15) is 0 Å². The average Bonchev–Trinajstić information content (AvgIpc) is 2.69. The Morgan fingerprint density at radius 1 is 1.56 bits per heavy atom. The number of aliphatic hydroxyl groups excluding tert-OH is 1. The lowest BCUT2D eigenvalue weighted by atomic mass is 10.1. The van der Waals surface area contributed by atoms with Gasteiger partial charge in [0.2, 0.25) is 5.91 Å². The molecule has 0 radical (unpaired) electrons. The van der Waals surface area contributed by atoms with Gasteiger partial charge < -0.3 is 14.8 Å². The van der Waals surface area contributed by atoms with Crippen molar-refractivity contribution in [2.45, 2.75) is 19.4 Å². The SMILES string of the molecule is CC(O)CNC(=O)Cc1coc2ccc(F)cc12. The van der Waals surface area contributed by atoms with Gasteiger partial charge in [-0.1, -0.05) is 0 Å². The molecule has 1 amide bonds. The van der Waals surface area contributed by atoms with Crippen molar-refractivity contribution in [3.05, 3.63) is 35.8 Å². The van der Waals surface area contributed by atoms with Gasteiger partial charge in [-0.25, -0.2) is 4.39 Å². The Bertz CT molecular complexity index is 562. The number of aliphatic hydroxyl groups is 1. The van der Waals surface area contributed by atoms with Gasteiger partial charge in [0.05, 0.1) is 18.8 Å². The van der Waals surface area contributed by atoms with Crippen LogP contribution in [-0.2, 0) is 11.2 Å². The number of hydrogen-bond acceptors (Lipinski definition) is 3. The van der Waals surface area contributed by atoms with Gasteiger partial charge in [0.1, 0.15) is 11.4 Å². The summed E-state index contributed by atoms with van der Waals surface area (Å²) in [6.45, 7) is 1.78. The zero-order valence-electron chi connectivity index (χ0n) is 9.94. The number of rotatable bonds is 4. The Labute approximate surface area is 103 Å². The van der Waals surface area contributed by atoms with Gasteiger partial charge in [-0.05, 0) is 25.1 Å². The third-order valence-corrected chi connectivity index (χ3v) is 2.56. The van der Waals surface area contributed by atoms with Crippen LogP contribution < -0.4 is 5.32 Å². The molecular formula is C13H14FNO3. The van der Waals surface area contributed by atoms with E-state index in [1.165, 1.54) is 24.5 Å². The van der Waals surface area contributed by atoms with Crippen molar-refractivity contribution >= 4 is 16.9 Å². The molecule has 0 aliphatic heterocycles. The Morgan fingerprint density at radius 2 is 2.33 bits per heavy atom. The first-order chi connectivity index (χ1) is 8.56. The molecule has 0 saturated carbocycles. The van der Waals surface area contributed by atoms with E-state index in [-0.39, 0.29) is 24.7 Å². The van der Waals surface area contributed by atoms with E-state index in [2.05, 4.69) is 5.32 Å². The lowest BCUT2D eigenvalue weighted by Crippen LogP contribution is -2.31. The van der Waals surface area contributed by atoms with Crippen LogP contribution in [0, 0.1) is 5.82 Å². The summed E-state index contributed by atoms with van der Waals surface area (Å²) in [6.07, 6.45) is 0.961. The molecule has 5 heteroatoms. The third kappa shape index (κ3) is 2.87. The van der Waals surface area contributed by atoms with Crippen molar-refractivity contribution in [1.82, 2.24) is 5.32 Å². The molecule has 1 atom stereocenters. The number of nitrogens with one attached hydrogen (secondary N) is 1. The van der Waals surface area contributed by atoms with Crippen LogP contribution in [0.3, 0.4) is 0 Å². The Hall–Kier alpha value is -1.88. The van der Waals surface area contributed by atoms with Crippen molar-refractivity contribution in [3.8, 4) is 0 Å². The van der Waals surface area contributed by atoms with Crippen LogP contribution >= 0.6 is 0 Å². The lowest BCUT2D eigenvalue weighted by Gasteiger charge is -2.06. The van der Waals surface area contributed by atoms with Crippen LogP contribution in [0.5, 0.6) is 0 Å². The van der Waals surface area contributed by atoms with Crippen molar-refractivity contribution in [2.75, 3.05) is 6.54 Å². The fraction of sp³-hybridized carbons (Fsp3) is 0.308. The van der Waals surface area contributed by atoms with E-state index < -0.39 is 6.10 Å². The number of halogens is 1. The summed E-state index contributed by atoms with van der Waals surface area (Å²) in [5.74, 6) is -0.600. The van der Waals surface area contributed by atoms with Gasteiger partial charge in [-0.3, -0.25) is 4.79 Å². The predicted octanol–water partition coefficient (Wildman–Crippen LogP) is 1.61.